The van der Waals surface area contributed by atoms with Gasteiger partial charge in [-0.3, -0.25) is 0 Å². The number of halogens is 1. The van der Waals surface area contributed by atoms with Gasteiger partial charge in [0.2, 0.25) is 5.88 Å². The Bertz CT molecular complexity index is 614. The fourth-order valence-electron chi connectivity index (χ4n) is 2.03. The van der Waals surface area contributed by atoms with Crippen LogP contribution in [0.2, 0.25) is 0 Å². The molecule has 2 aromatic rings. The van der Waals surface area contributed by atoms with E-state index in [2.05, 4.69) is 23.3 Å². The molecule has 0 spiro atoms. The first-order chi connectivity index (χ1) is 10.1. The van der Waals surface area contributed by atoms with Crippen LogP contribution in [0.5, 0.6) is 11.6 Å². The lowest BCUT2D eigenvalue weighted by atomic mass is 10.2. The molecule has 1 N–H and O–H groups in total. The molecular weight excluding hydrogens is 267 g/mol. The number of ether oxygens (including phenoxy) is 1. The molecule has 0 bridgehead atoms. The van der Waals surface area contributed by atoms with Crippen molar-refractivity contribution < 1.29 is 9.13 Å². The highest BCUT2D eigenvalue weighted by Gasteiger charge is 2.06. The molecule has 1 aromatic heterocycles. The van der Waals surface area contributed by atoms with Gasteiger partial charge in [-0.2, -0.15) is 0 Å². The summed E-state index contributed by atoms with van der Waals surface area (Å²) in [4.78, 5) is 4.35. The second kappa shape index (κ2) is 7.18. The summed E-state index contributed by atoms with van der Waals surface area (Å²) in [5.74, 6) is 0.922. The molecule has 0 saturated heterocycles. The van der Waals surface area contributed by atoms with E-state index in [-0.39, 0.29) is 5.82 Å². The largest absolute Gasteiger partial charge is 0.439 e. The summed E-state index contributed by atoms with van der Waals surface area (Å²) in [5, 5.41) is 3.34. The van der Waals surface area contributed by atoms with Gasteiger partial charge in [-0.15, -0.1) is 0 Å². The Morgan fingerprint density at radius 2 is 2.00 bits per heavy atom. The average Bonchev–Trinajstić information content (AvgIpc) is 2.46. The van der Waals surface area contributed by atoms with Crippen LogP contribution in [-0.2, 0) is 6.54 Å². The summed E-state index contributed by atoms with van der Waals surface area (Å²) in [6, 6.07) is 6.75. The first kappa shape index (κ1) is 15.4. The van der Waals surface area contributed by atoms with Gasteiger partial charge in [0.25, 0.3) is 0 Å². The van der Waals surface area contributed by atoms with Crippen LogP contribution in [0, 0.1) is 19.7 Å². The summed E-state index contributed by atoms with van der Waals surface area (Å²) >= 11 is 0. The number of nitrogens with zero attached hydrogens (tertiary/aromatic N) is 1. The second-order valence-electron chi connectivity index (χ2n) is 5.16. The molecule has 0 aliphatic heterocycles. The molecule has 0 unspecified atom stereocenters. The third-order valence-corrected chi connectivity index (χ3v) is 3.19. The first-order valence-electron chi connectivity index (χ1n) is 7.20. The van der Waals surface area contributed by atoms with Gasteiger partial charge in [-0.25, -0.2) is 9.37 Å². The van der Waals surface area contributed by atoms with Gasteiger partial charge in [0.15, 0.2) is 0 Å². The standard InChI is InChI=1S/C17H21FN2O/c1-4-7-19-10-14-8-13(3)17(20-11-14)21-15-5-6-16(18)12(2)9-15/h5-6,8-9,11,19H,4,7,10H2,1-3H3. The minimum atomic E-state index is -0.232. The molecule has 1 aromatic carbocycles. The van der Waals surface area contributed by atoms with Gasteiger partial charge in [-0.05, 0) is 62.2 Å². The van der Waals surface area contributed by atoms with Crippen LogP contribution >= 0.6 is 0 Å². The van der Waals surface area contributed by atoms with E-state index in [0.29, 0.717) is 17.2 Å². The fraction of sp³-hybridized carbons (Fsp3) is 0.353. The van der Waals surface area contributed by atoms with E-state index in [1.165, 1.54) is 6.07 Å². The van der Waals surface area contributed by atoms with Crippen LogP contribution in [0.15, 0.2) is 30.5 Å². The van der Waals surface area contributed by atoms with E-state index >= 15 is 0 Å². The van der Waals surface area contributed by atoms with E-state index in [1.807, 2.05) is 6.92 Å². The van der Waals surface area contributed by atoms with Crippen LogP contribution in [0.3, 0.4) is 0 Å². The minimum Gasteiger partial charge on any atom is -0.439 e. The molecule has 0 amide bonds. The van der Waals surface area contributed by atoms with Gasteiger partial charge >= 0.3 is 0 Å². The Morgan fingerprint density at radius 1 is 1.19 bits per heavy atom. The van der Waals surface area contributed by atoms with Crippen LogP contribution in [-0.4, -0.2) is 11.5 Å². The third-order valence-electron chi connectivity index (χ3n) is 3.19. The fourth-order valence-corrected chi connectivity index (χ4v) is 2.03. The van der Waals surface area contributed by atoms with Crippen molar-refractivity contribution in [3.8, 4) is 11.6 Å². The van der Waals surface area contributed by atoms with Crippen molar-refractivity contribution in [1.82, 2.24) is 10.3 Å². The van der Waals surface area contributed by atoms with Gasteiger partial charge in [0, 0.05) is 18.3 Å². The van der Waals surface area contributed by atoms with E-state index in [9.17, 15) is 4.39 Å². The number of pyridine rings is 1. The molecule has 0 atom stereocenters. The Hall–Kier alpha value is -1.94. The lowest BCUT2D eigenvalue weighted by Crippen LogP contribution is -2.14. The van der Waals surface area contributed by atoms with Crippen molar-refractivity contribution in [3.63, 3.8) is 0 Å². The van der Waals surface area contributed by atoms with Gasteiger partial charge in [0.1, 0.15) is 11.6 Å². The van der Waals surface area contributed by atoms with Crippen LogP contribution in [0.25, 0.3) is 0 Å². The molecule has 21 heavy (non-hydrogen) atoms. The van der Waals surface area contributed by atoms with Crippen molar-refractivity contribution in [3.05, 3.63) is 53.0 Å². The summed E-state index contributed by atoms with van der Waals surface area (Å²) in [6.45, 7) is 7.61. The smallest absolute Gasteiger partial charge is 0.222 e. The topological polar surface area (TPSA) is 34.2 Å². The van der Waals surface area contributed by atoms with E-state index in [0.717, 1.165) is 30.6 Å². The molecule has 112 valence electrons. The molecule has 2 rings (SSSR count). The SMILES string of the molecule is CCCNCc1cnc(Oc2ccc(F)c(C)c2)c(C)c1. The Kier molecular flexibility index (Phi) is 5.28. The predicted octanol–water partition coefficient (Wildman–Crippen LogP) is 4.13. The Labute approximate surface area is 125 Å². The maximum Gasteiger partial charge on any atom is 0.222 e. The molecule has 0 radical (unpaired) electrons. The molecule has 0 aliphatic carbocycles. The number of hydrogen-bond donors (Lipinski definition) is 1. The number of rotatable bonds is 6. The van der Waals surface area contributed by atoms with Gasteiger partial charge in [-0.1, -0.05) is 6.92 Å². The maximum absolute atomic E-state index is 13.2. The molecule has 0 aliphatic rings. The molecule has 4 heteroatoms. The van der Waals surface area contributed by atoms with Crippen LogP contribution in [0.1, 0.15) is 30.0 Å². The van der Waals surface area contributed by atoms with Crippen molar-refractivity contribution in [2.75, 3.05) is 6.54 Å². The van der Waals surface area contributed by atoms with Crippen molar-refractivity contribution in [2.45, 2.75) is 33.7 Å². The lowest BCUT2D eigenvalue weighted by molar-refractivity contribution is 0.456. The van der Waals surface area contributed by atoms with E-state index in [4.69, 9.17) is 4.74 Å². The highest BCUT2D eigenvalue weighted by molar-refractivity contribution is 5.35. The number of aryl methyl sites for hydroxylation is 2. The number of hydrogen-bond acceptors (Lipinski definition) is 3. The first-order valence-corrected chi connectivity index (χ1v) is 7.20. The summed E-state index contributed by atoms with van der Waals surface area (Å²) < 4.78 is 19.0. The highest BCUT2D eigenvalue weighted by atomic mass is 19.1. The Balaban J connectivity index is 2.08. The van der Waals surface area contributed by atoms with Gasteiger partial charge in [0.05, 0.1) is 0 Å². The highest BCUT2D eigenvalue weighted by Crippen LogP contribution is 2.24. The quantitative estimate of drug-likeness (QED) is 0.812. The third kappa shape index (κ3) is 4.26. The zero-order chi connectivity index (χ0) is 15.2. The zero-order valence-corrected chi connectivity index (χ0v) is 12.7. The Morgan fingerprint density at radius 3 is 2.67 bits per heavy atom. The van der Waals surface area contributed by atoms with Crippen molar-refractivity contribution in [2.24, 2.45) is 0 Å². The van der Waals surface area contributed by atoms with E-state index in [1.54, 1.807) is 25.3 Å². The molecular formula is C17H21FN2O. The molecule has 3 nitrogen and oxygen atoms in total. The zero-order valence-electron chi connectivity index (χ0n) is 12.7. The van der Waals surface area contributed by atoms with Crippen LogP contribution < -0.4 is 10.1 Å². The van der Waals surface area contributed by atoms with Crippen molar-refractivity contribution >= 4 is 0 Å². The predicted molar refractivity (Wildman–Crippen MR) is 82.2 cm³/mol. The van der Waals surface area contributed by atoms with Crippen LogP contribution in [0.4, 0.5) is 4.39 Å². The average molecular weight is 288 g/mol. The second-order valence-corrected chi connectivity index (χ2v) is 5.16. The number of benzene rings is 1. The van der Waals surface area contributed by atoms with Crippen molar-refractivity contribution in [1.29, 1.82) is 0 Å². The summed E-state index contributed by atoms with van der Waals surface area (Å²) in [5.41, 5.74) is 2.65. The molecule has 0 saturated carbocycles. The van der Waals surface area contributed by atoms with Gasteiger partial charge < -0.3 is 10.1 Å². The summed E-state index contributed by atoms with van der Waals surface area (Å²) in [7, 11) is 0. The monoisotopic (exact) mass is 288 g/mol. The number of aromatic nitrogens is 1. The number of nitrogens with one attached hydrogen (secondary N) is 1. The summed E-state index contributed by atoms with van der Waals surface area (Å²) in [6.07, 6.45) is 2.92. The normalized spacial score (nSPS) is 10.7. The maximum atomic E-state index is 13.2. The minimum absolute atomic E-state index is 0.232. The lowest BCUT2D eigenvalue weighted by Gasteiger charge is -2.10. The molecule has 0 fully saturated rings. The van der Waals surface area contributed by atoms with E-state index < -0.39 is 0 Å². The molecule has 1 heterocycles.